The summed E-state index contributed by atoms with van der Waals surface area (Å²) in [6.45, 7) is 6.33. The Morgan fingerprint density at radius 1 is 1.19 bits per heavy atom. The number of thiophene rings is 1. The zero-order valence-electron chi connectivity index (χ0n) is 15.3. The Balaban J connectivity index is 1.97. The van der Waals surface area contributed by atoms with Crippen molar-refractivity contribution in [2.24, 2.45) is 0 Å². The molecule has 27 heavy (non-hydrogen) atoms. The average molecular weight is 401 g/mol. The van der Waals surface area contributed by atoms with Gasteiger partial charge in [0.15, 0.2) is 0 Å². The summed E-state index contributed by atoms with van der Waals surface area (Å²) in [5.41, 5.74) is 1.93. The molecule has 2 N–H and O–H groups in total. The third-order valence-corrected chi connectivity index (χ3v) is 6.44. The van der Waals surface area contributed by atoms with Gasteiger partial charge in [0.1, 0.15) is 21.4 Å². The molecule has 0 aliphatic carbocycles. The van der Waals surface area contributed by atoms with Crippen molar-refractivity contribution in [2.45, 2.75) is 31.0 Å². The lowest BCUT2D eigenvalue weighted by Crippen LogP contribution is -2.41. The Kier molecular flexibility index (Phi) is 6.08. The molecule has 0 radical (unpaired) electrons. The Hall–Kier alpha value is -2.45. The Labute approximate surface area is 165 Å². The predicted octanol–water partition coefficient (Wildman–Crippen LogP) is 3.99. The van der Waals surface area contributed by atoms with E-state index < -0.39 is 11.3 Å². The van der Waals surface area contributed by atoms with E-state index in [1.807, 2.05) is 44.2 Å². The van der Waals surface area contributed by atoms with Gasteiger partial charge in [-0.2, -0.15) is 0 Å². The molecule has 0 aliphatic heterocycles. The van der Waals surface area contributed by atoms with Crippen molar-refractivity contribution < 1.29 is 9.59 Å². The van der Waals surface area contributed by atoms with Crippen molar-refractivity contribution in [2.75, 3.05) is 6.54 Å². The summed E-state index contributed by atoms with van der Waals surface area (Å²) in [4.78, 5) is 35.5. The van der Waals surface area contributed by atoms with Crippen LogP contribution in [0.25, 0.3) is 10.2 Å². The van der Waals surface area contributed by atoms with Crippen LogP contribution in [0.2, 0.25) is 0 Å². The van der Waals surface area contributed by atoms with E-state index in [-0.39, 0.29) is 5.91 Å². The standard InChI is InChI=1S/C19H20N4O2S2/c1-4-20-19(25)23-16(24)15(13-8-6-5-7-9-13)27-18-14-11(2)12(3)26-17(14)21-10-22-18/h5-10,15H,4H2,1-3H3,(H2,20,23,24,25)/t15-/m0/s1. The lowest BCUT2D eigenvalue weighted by Gasteiger charge is -2.16. The van der Waals surface area contributed by atoms with Crippen LogP contribution in [-0.2, 0) is 4.79 Å². The third-order valence-electron chi connectivity index (χ3n) is 4.07. The Morgan fingerprint density at radius 3 is 2.63 bits per heavy atom. The van der Waals surface area contributed by atoms with Crippen molar-refractivity contribution >= 4 is 45.3 Å². The molecule has 0 fully saturated rings. The maximum atomic E-state index is 12.8. The van der Waals surface area contributed by atoms with Crippen LogP contribution in [0.4, 0.5) is 4.79 Å². The number of aryl methyl sites for hydroxylation is 2. The second-order valence-electron chi connectivity index (χ2n) is 5.90. The van der Waals surface area contributed by atoms with E-state index >= 15 is 0 Å². The van der Waals surface area contributed by atoms with Gasteiger partial charge in [-0.3, -0.25) is 10.1 Å². The van der Waals surface area contributed by atoms with Crippen molar-refractivity contribution in [1.82, 2.24) is 20.6 Å². The van der Waals surface area contributed by atoms with Gasteiger partial charge in [-0.25, -0.2) is 14.8 Å². The number of carbonyl (C=O) groups excluding carboxylic acids is 2. The lowest BCUT2D eigenvalue weighted by atomic mass is 10.1. The minimum atomic E-state index is -0.605. The number of urea groups is 1. The first-order valence-corrected chi connectivity index (χ1v) is 10.2. The number of amides is 3. The molecule has 2 heterocycles. The van der Waals surface area contributed by atoms with E-state index in [1.54, 1.807) is 18.3 Å². The normalized spacial score (nSPS) is 12.0. The van der Waals surface area contributed by atoms with Crippen molar-refractivity contribution in [3.63, 3.8) is 0 Å². The summed E-state index contributed by atoms with van der Waals surface area (Å²) < 4.78 is 0. The molecule has 1 aromatic carbocycles. The second kappa shape index (κ2) is 8.49. The monoisotopic (exact) mass is 400 g/mol. The van der Waals surface area contributed by atoms with E-state index in [0.29, 0.717) is 6.54 Å². The van der Waals surface area contributed by atoms with Gasteiger partial charge < -0.3 is 5.32 Å². The molecule has 3 rings (SSSR count). The van der Waals surface area contributed by atoms with Crippen molar-refractivity contribution in [1.29, 1.82) is 0 Å². The largest absolute Gasteiger partial charge is 0.338 e. The molecule has 6 nitrogen and oxygen atoms in total. The van der Waals surface area contributed by atoms with Crippen LogP contribution in [0.5, 0.6) is 0 Å². The van der Waals surface area contributed by atoms with Gasteiger partial charge in [0.25, 0.3) is 0 Å². The van der Waals surface area contributed by atoms with E-state index in [4.69, 9.17) is 0 Å². The SMILES string of the molecule is CCNC(=O)NC(=O)[C@@H](Sc1ncnc2sc(C)c(C)c12)c1ccccc1. The summed E-state index contributed by atoms with van der Waals surface area (Å²) in [5, 5.41) is 6.10. The third kappa shape index (κ3) is 4.28. The first kappa shape index (κ1) is 19.3. The number of rotatable bonds is 5. The van der Waals surface area contributed by atoms with E-state index in [0.717, 1.165) is 26.4 Å². The maximum absolute atomic E-state index is 12.8. The number of fused-ring (bicyclic) bond motifs is 1. The molecule has 1 atom stereocenters. The first-order chi connectivity index (χ1) is 13.0. The second-order valence-corrected chi connectivity index (χ2v) is 8.20. The summed E-state index contributed by atoms with van der Waals surface area (Å²) in [5.74, 6) is -0.381. The van der Waals surface area contributed by atoms with Gasteiger partial charge >= 0.3 is 6.03 Å². The highest BCUT2D eigenvalue weighted by molar-refractivity contribution is 8.00. The summed E-state index contributed by atoms with van der Waals surface area (Å²) >= 11 is 2.94. The molecule has 2 aromatic heterocycles. The number of hydrogen-bond donors (Lipinski definition) is 2. The van der Waals surface area contributed by atoms with E-state index in [1.165, 1.54) is 23.0 Å². The predicted molar refractivity (Wildman–Crippen MR) is 109 cm³/mol. The lowest BCUT2D eigenvalue weighted by molar-refractivity contribution is -0.119. The molecule has 0 saturated heterocycles. The van der Waals surface area contributed by atoms with Crippen LogP contribution < -0.4 is 10.6 Å². The van der Waals surface area contributed by atoms with Gasteiger partial charge in [-0.15, -0.1) is 11.3 Å². The highest BCUT2D eigenvalue weighted by Gasteiger charge is 2.26. The summed E-state index contributed by atoms with van der Waals surface area (Å²) in [7, 11) is 0. The summed E-state index contributed by atoms with van der Waals surface area (Å²) in [6.07, 6.45) is 1.52. The van der Waals surface area contributed by atoms with Crippen LogP contribution >= 0.6 is 23.1 Å². The first-order valence-electron chi connectivity index (χ1n) is 8.52. The molecule has 0 spiro atoms. The number of benzene rings is 1. The number of thioether (sulfide) groups is 1. The van der Waals surface area contributed by atoms with Crippen molar-refractivity contribution in [3.8, 4) is 0 Å². The minimum absolute atomic E-state index is 0.381. The topological polar surface area (TPSA) is 84.0 Å². The zero-order chi connectivity index (χ0) is 19.4. The van der Waals surface area contributed by atoms with Gasteiger partial charge in [0.05, 0.1) is 0 Å². The fraction of sp³-hybridized carbons (Fsp3) is 0.263. The molecule has 8 heteroatoms. The van der Waals surface area contributed by atoms with Crippen molar-refractivity contribution in [3.05, 3.63) is 52.7 Å². The molecular weight excluding hydrogens is 380 g/mol. The van der Waals surface area contributed by atoms with Crippen LogP contribution in [0, 0.1) is 13.8 Å². The fourth-order valence-electron chi connectivity index (χ4n) is 2.63. The highest BCUT2D eigenvalue weighted by atomic mass is 32.2. The number of nitrogens with one attached hydrogen (secondary N) is 2. The molecular formula is C19H20N4O2S2. The number of aromatic nitrogens is 2. The van der Waals surface area contributed by atoms with Gasteiger partial charge in [0.2, 0.25) is 5.91 Å². The zero-order valence-corrected chi connectivity index (χ0v) is 16.9. The molecule has 3 amide bonds. The highest BCUT2D eigenvalue weighted by Crippen LogP contribution is 2.40. The van der Waals surface area contributed by atoms with Gasteiger partial charge in [-0.05, 0) is 31.9 Å². The van der Waals surface area contributed by atoms with Crippen LogP contribution in [0.15, 0.2) is 41.7 Å². The number of hydrogen-bond acceptors (Lipinski definition) is 6. The Morgan fingerprint density at radius 2 is 1.93 bits per heavy atom. The van der Waals surface area contributed by atoms with Crippen LogP contribution in [-0.4, -0.2) is 28.5 Å². The van der Waals surface area contributed by atoms with Gasteiger partial charge in [0, 0.05) is 16.8 Å². The number of nitrogens with zero attached hydrogens (tertiary/aromatic N) is 2. The smallest absolute Gasteiger partial charge is 0.321 e. The van der Waals surface area contributed by atoms with Crippen LogP contribution in [0.1, 0.15) is 28.2 Å². The quantitative estimate of drug-likeness (QED) is 0.500. The number of imide groups is 1. The van der Waals surface area contributed by atoms with E-state index in [9.17, 15) is 9.59 Å². The Bertz CT molecular complexity index is 973. The van der Waals surface area contributed by atoms with E-state index in [2.05, 4.69) is 20.6 Å². The molecule has 140 valence electrons. The summed E-state index contributed by atoms with van der Waals surface area (Å²) in [6, 6.07) is 8.88. The van der Waals surface area contributed by atoms with Gasteiger partial charge in [-0.1, -0.05) is 42.1 Å². The molecule has 0 bridgehead atoms. The van der Waals surface area contributed by atoms with Crippen LogP contribution in [0.3, 0.4) is 0 Å². The molecule has 3 aromatic rings. The molecule has 0 unspecified atom stereocenters. The average Bonchev–Trinajstić information content (AvgIpc) is 2.95. The molecule has 0 saturated carbocycles. The molecule has 0 aliphatic rings. The maximum Gasteiger partial charge on any atom is 0.321 e. The number of carbonyl (C=O) groups is 2. The fourth-order valence-corrected chi connectivity index (χ4v) is 4.85. The minimum Gasteiger partial charge on any atom is -0.338 e.